The zero-order valence-electron chi connectivity index (χ0n) is 60.6. The number of aryl methyl sites for hydroxylation is 1. The molecular weight excluding hydrogens is 1350 g/mol. The first kappa shape index (κ1) is 85.0. The number of hydrazone groups is 1. The molecule has 1 aliphatic rings. The van der Waals surface area contributed by atoms with Gasteiger partial charge in [-0.2, -0.15) is 13.5 Å². The Morgan fingerprint density at radius 3 is 1.95 bits per heavy atom. The van der Waals surface area contributed by atoms with Crippen LogP contribution in [0.5, 0.6) is 0 Å². The van der Waals surface area contributed by atoms with Gasteiger partial charge in [0.2, 0.25) is 47.3 Å². The molecule has 568 valence electrons. The molecule has 5 rings (SSSR count). The summed E-state index contributed by atoms with van der Waals surface area (Å²) in [5.74, 6) is -4.21. The number of ether oxygens (including phenoxy) is 2. The summed E-state index contributed by atoms with van der Waals surface area (Å²) >= 11 is 0. The SMILES string of the molecule is C=CCCCCCCC(CCCCCCC(=O)NCCNC(=O)c1ccc(N/N=C/c2ccccc2S(=O)(=O)O)nc1)OC(=O)OCc1ccc(NC(=O)[C@H](CC(C)C)NC(=O)[C@H](CCCN)NC(=O)[C@H](CCc2ccccc2)NC(=O)CNC(=O)[C@H](CC(C)C)NC(=O)[C@@H]2CCCN2C(C)=O)cc1. The highest BCUT2D eigenvalue weighted by Gasteiger charge is 2.36. The van der Waals surface area contributed by atoms with Gasteiger partial charge in [0.15, 0.2) is 0 Å². The number of carbonyl (C=O) groups excluding carboxylic acids is 10. The molecule has 1 fully saturated rings. The van der Waals surface area contributed by atoms with Crippen LogP contribution in [-0.2, 0) is 71.0 Å². The van der Waals surface area contributed by atoms with Gasteiger partial charge in [-0.1, -0.05) is 120 Å². The minimum Gasteiger partial charge on any atom is -0.431 e. The largest absolute Gasteiger partial charge is 0.508 e. The molecule has 1 saturated heterocycles. The molecule has 0 radical (unpaired) electrons. The first-order valence-corrected chi connectivity index (χ1v) is 37.5. The number of nitrogens with zero attached hydrogens (tertiary/aromatic N) is 3. The van der Waals surface area contributed by atoms with Crippen molar-refractivity contribution in [3.05, 3.63) is 132 Å². The number of carbonyl (C=O) groups is 10. The number of pyridine rings is 1. The second-order valence-electron chi connectivity index (χ2n) is 26.7. The van der Waals surface area contributed by atoms with Crippen LogP contribution >= 0.6 is 0 Å². The Labute approximate surface area is 610 Å². The molecule has 2 heterocycles. The maximum Gasteiger partial charge on any atom is 0.508 e. The monoisotopic (exact) mass is 1460 g/mol. The van der Waals surface area contributed by atoms with Gasteiger partial charge in [0.1, 0.15) is 53.6 Å². The number of rotatable bonds is 47. The maximum atomic E-state index is 14.3. The highest BCUT2D eigenvalue weighted by Crippen LogP contribution is 2.22. The van der Waals surface area contributed by atoms with Gasteiger partial charge in [0, 0.05) is 50.4 Å². The quantitative estimate of drug-likeness (QED) is 0.00504. The fourth-order valence-electron chi connectivity index (χ4n) is 11.7. The Morgan fingerprint density at radius 2 is 1.31 bits per heavy atom. The number of unbranched alkanes of at least 4 members (excludes halogenated alkanes) is 7. The fourth-order valence-corrected chi connectivity index (χ4v) is 12.3. The minimum atomic E-state index is -4.45. The van der Waals surface area contributed by atoms with Crippen molar-refractivity contribution in [2.75, 3.05) is 43.5 Å². The molecule has 0 saturated carbocycles. The van der Waals surface area contributed by atoms with E-state index >= 15 is 0 Å². The van der Waals surface area contributed by atoms with Crippen molar-refractivity contribution in [3.8, 4) is 0 Å². The van der Waals surface area contributed by atoms with E-state index in [4.69, 9.17) is 15.2 Å². The van der Waals surface area contributed by atoms with E-state index < -0.39 is 94.4 Å². The number of nitrogens with one attached hydrogen (secondary N) is 9. The van der Waals surface area contributed by atoms with Crippen molar-refractivity contribution >= 4 is 87.2 Å². The fraction of sp³-hybridized carbons (Fsp3) is 0.520. The molecule has 3 aromatic carbocycles. The standard InChI is InChI=1S/C75H107N13O15S/c1-7-8-9-10-11-17-27-59(28-18-12-13-19-32-67(90)77-42-43-78-69(92)57-36-40-66(79-47-57)87-81-48-56-26-20-21-31-65(56)104(99,100)101)103-75(98)102-50-55-33-37-58(38-34-55)82-73(96)63(46-52(4)5)85-71(94)60(29-22-41-76)84-72(95)61(39-35-54-24-15-14-16-25-54)83-68(91)49-80-70(93)62(45-51(2)3)86-74(97)64-30-23-44-88(64)53(6)89/h7,14-16,20-21,24-26,31,33-34,36-38,40,47-48,51-52,59-64H,1,8-13,17-19,22-23,27-30,32,35,39,41-46,49-50,76H2,2-6H3,(H,77,90)(H,78,92)(H,79,87)(H,80,93)(H,82,96)(H,83,91)(H,84,95)(H,85,94)(H,86,97)(H,99,100,101)/b81-48+/t59?,60-,61-,62-,63-,64-/m0/s1. The molecular formula is C75H107N13O15S. The van der Waals surface area contributed by atoms with Gasteiger partial charge < -0.3 is 62.6 Å². The summed E-state index contributed by atoms with van der Waals surface area (Å²) in [4.78, 5) is 139. The van der Waals surface area contributed by atoms with E-state index in [1.165, 1.54) is 54.6 Å². The van der Waals surface area contributed by atoms with E-state index in [1.54, 1.807) is 30.3 Å². The molecule has 6 atom stereocenters. The summed E-state index contributed by atoms with van der Waals surface area (Å²) in [5.41, 5.74) is 10.9. The van der Waals surface area contributed by atoms with Crippen molar-refractivity contribution in [2.45, 2.75) is 211 Å². The lowest BCUT2D eigenvalue weighted by molar-refractivity contribution is -0.138. The number of hydrogen-bond donors (Lipinski definition) is 11. The predicted molar refractivity (Wildman–Crippen MR) is 396 cm³/mol. The molecule has 1 unspecified atom stereocenters. The Balaban J connectivity index is 1.07. The van der Waals surface area contributed by atoms with Crippen molar-refractivity contribution in [1.82, 2.24) is 47.1 Å². The summed E-state index contributed by atoms with van der Waals surface area (Å²) < 4.78 is 44.1. The van der Waals surface area contributed by atoms with E-state index in [0.717, 1.165) is 56.9 Å². The highest BCUT2D eigenvalue weighted by molar-refractivity contribution is 7.86. The molecule has 0 bridgehead atoms. The number of hydrogen-bond acceptors (Lipinski definition) is 18. The normalized spacial score (nSPS) is 14.2. The Kier molecular flexibility index (Phi) is 37.8. The molecule has 29 heteroatoms. The van der Waals surface area contributed by atoms with E-state index in [1.807, 2.05) is 64.1 Å². The third-order valence-corrected chi connectivity index (χ3v) is 18.1. The maximum absolute atomic E-state index is 14.3. The van der Waals surface area contributed by atoms with E-state index in [0.29, 0.717) is 69.2 Å². The van der Waals surface area contributed by atoms with Gasteiger partial charge >= 0.3 is 6.16 Å². The number of allylic oxidation sites excluding steroid dienone is 1. The molecule has 9 amide bonds. The molecule has 4 aromatic rings. The van der Waals surface area contributed by atoms with E-state index in [9.17, 15) is 60.9 Å². The number of benzene rings is 3. The molecule has 28 nitrogen and oxygen atoms in total. The average molecular weight is 1460 g/mol. The number of likely N-dealkylation sites (tertiary alicyclic amines) is 1. The number of nitrogens with two attached hydrogens (primary N) is 1. The van der Waals surface area contributed by atoms with E-state index in [2.05, 4.69) is 64.6 Å². The highest BCUT2D eigenvalue weighted by atomic mass is 32.2. The zero-order chi connectivity index (χ0) is 75.8. The lowest BCUT2D eigenvalue weighted by Gasteiger charge is -2.27. The third kappa shape index (κ3) is 32.4. The van der Waals surface area contributed by atoms with Gasteiger partial charge in [-0.3, -0.25) is 53.1 Å². The summed E-state index contributed by atoms with van der Waals surface area (Å²) in [6, 6.07) is 19.6. The second kappa shape index (κ2) is 46.2. The zero-order valence-corrected chi connectivity index (χ0v) is 61.4. The Bertz CT molecular complexity index is 3560. The summed E-state index contributed by atoms with van der Waals surface area (Å²) in [6.07, 6.45) is 15.1. The van der Waals surface area contributed by atoms with Crippen LogP contribution in [0.3, 0.4) is 0 Å². The Morgan fingerprint density at radius 1 is 0.673 bits per heavy atom. The van der Waals surface area contributed by atoms with Crippen LogP contribution in [0.2, 0.25) is 0 Å². The lowest BCUT2D eigenvalue weighted by atomic mass is 10.0. The van der Waals surface area contributed by atoms with Gasteiger partial charge in [-0.25, -0.2) is 9.78 Å². The van der Waals surface area contributed by atoms with Gasteiger partial charge in [-0.05, 0) is 156 Å². The van der Waals surface area contributed by atoms with Crippen molar-refractivity contribution < 1.29 is 70.4 Å². The number of anilines is 2. The lowest BCUT2D eigenvalue weighted by Crippen LogP contribution is -2.57. The number of aromatic nitrogens is 1. The predicted octanol–water partition coefficient (Wildman–Crippen LogP) is 7.68. The van der Waals surface area contributed by atoms with Crippen molar-refractivity contribution in [2.24, 2.45) is 22.7 Å². The van der Waals surface area contributed by atoms with E-state index in [-0.39, 0.29) is 104 Å². The molecule has 1 aromatic heterocycles. The summed E-state index contributed by atoms with van der Waals surface area (Å²) in [5, 5.41) is 26.1. The third-order valence-electron chi connectivity index (χ3n) is 17.2. The smallest absolute Gasteiger partial charge is 0.431 e. The molecule has 104 heavy (non-hydrogen) atoms. The molecule has 12 N–H and O–H groups in total. The van der Waals surface area contributed by atoms with Crippen LogP contribution in [0.4, 0.5) is 16.3 Å². The number of amides is 9. The van der Waals surface area contributed by atoms with Crippen molar-refractivity contribution in [1.29, 1.82) is 0 Å². The first-order valence-electron chi connectivity index (χ1n) is 36.0. The molecule has 0 spiro atoms. The molecule has 0 aliphatic carbocycles. The molecule has 1 aliphatic heterocycles. The van der Waals surface area contributed by atoms with Crippen LogP contribution in [0, 0.1) is 11.8 Å². The first-order chi connectivity index (χ1) is 49.8. The Hall–Kier alpha value is -9.61. The minimum absolute atomic E-state index is 0.0201. The topological polar surface area (TPSA) is 406 Å². The van der Waals surface area contributed by atoms with Gasteiger partial charge in [0.25, 0.3) is 16.0 Å². The van der Waals surface area contributed by atoms with Crippen LogP contribution < -0.4 is 53.7 Å². The van der Waals surface area contributed by atoms with Crippen LogP contribution in [-0.4, -0.2) is 157 Å². The van der Waals surface area contributed by atoms with Gasteiger partial charge in [0.05, 0.1) is 18.3 Å². The average Bonchev–Trinajstić information content (AvgIpc) is 1.26. The van der Waals surface area contributed by atoms with Gasteiger partial charge in [-0.15, -0.1) is 6.58 Å². The van der Waals surface area contributed by atoms with Crippen molar-refractivity contribution in [3.63, 3.8) is 0 Å². The summed E-state index contributed by atoms with van der Waals surface area (Å²) in [6.45, 7) is 13.1. The second-order valence-corrected chi connectivity index (χ2v) is 28.1. The summed E-state index contributed by atoms with van der Waals surface area (Å²) in [7, 11) is -4.45. The van der Waals surface area contributed by atoms with Crippen LogP contribution in [0.1, 0.15) is 184 Å². The van der Waals surface area contributed by atoms with Crippen LogP contribution in [0.25, 0.3) is 0 Å². The van der Waals surface area contributed by atoms with Crippen LogP contribution in [0.15, 0.2) is 120 Å².